The molecule has 2 aliphatic rings. The van der Waals surface area contributed by atoms with Crippen molar-refractivity contribution >= 4 is 29.4 Å². The Hall–Kier alpha value is -2.19. The van der Waals surface area contributed by atoms with Crippen molar-refractivity contribution in [3.8, 4) is 0 Å². The van der Waals surface area contributed by atoms with E-state index in [2.05, 4.69) is 0 Å². The third-order valence-corrected chi connectivity index (χ3v) is 4.85. The molecular formula is C17H18ClFN2O5. The largest absolute Gasteiger partial charge is 0.479 e. The minimum absolute atomic E-state index is 0.0578. The van der Waals surface area contributed by atoms with Gasteiger partial charge >= 0.3 is 5.97 Å². The first-order chi connectivity index (χ1) is 12.4. The van der Waals surface area contributed by atoms with E-state index in [0.29, 0.717) is 12.8 Å². The normalized spacial score (nSPS) is 23.2. The Kier molecular flexibility index (Phi) is 5.43. The minimum Gasteiger partial charge on any atom is -0.479 e. The van der Waals surface area contributed by atoms with Crippen LogP contribution >= 0.6 is 11.6 Å². The van der Waals surface area contributed by atoms with Gasteiger partial charge in [0.25, 0.3) is 11.8 Å². The van der Waals surface area contributed by atoms with Gasteiger partial charge in [-0.25, -0.2) is 9.18 Å². The van der Waals surface area contributed by atoms with Gasteiger partial charge in [-0.1, -0.05) is 11.6 Å². The topological polar surface area (TPSA) is 87.2 Å². The molecule has 2 fully saturated rings. The van der Waals surface area contributed by atoms with E-state index in [1.54, 1.807) is 4.90 Å². The summed E-state index contributed by atoms with van der Waals surface area (Å²) in [6, 6.07) is 3.88. The van der Waals surface area contributed by atoms with Gasteiger partial charge in [-0.2, -0.15) is 0 Å². The van der Waals surface area contributed by atoms with Crippen LogP contribution in [0.1, 0.15) is 23.2 Å². The van der Waals surface area contributed by atoms with E-state index in [1.807, 2.05) is 0 Å². The zero-order chi connectivity index (χ0) is 18.8. The summed E-state index contributed by atoms with van der Waals surface area (Å²) in [7, 11) is 0. The molecule has 26 heavy (non-hydrogen) atoms. The van der Waals surface area contributed by atoms with E-state index >= 15 is 0 Å². The Labute approximate surface area is 154 Å². The molecule has 1 N–H and O–H groups in total. The van der Waals surface area contributed by atoms with Crippen molar-refractivity contribution in [3.05, 3.63) is 34.6 Å². The first kappa shape index (κ1) is 18.6. The highest BCUT2D eigenvalue weighted by atomic mass is 35.5. The molecule has 0 unspecified atom stereocenters. The summed E-state index contributed by atoms with van der Waals surface area (Å²) in [5.74, 6) is -2.46. The van der Waals surface area contributed by atoms with Crippen LogP contribution in [-0.2, 0) is 14.3 Å². The summed E-state index contributed by atoms with van der Waals surface area (Å²) in [5, 5.41) is 9.15. The van der Waals surface area contributed by atoms with Crippen LogP contribution in [0.15, 0.2) is 18.2 Å². The van der Waals surface area contributed by atoms with Crippen LogP contribution in [0.5, 0.6) is 0 Å². The van der Waals surface area contributed by atoms with Crippen LogP contribution in [0.2, 0.25) is 5.02 Å². The standard InChI is InChI=1S/C17H18ClFN2O5/c18-10-1-2-11(12(19)9-10)15(22)20-5-7-21(8-6-20)16(23)13-3-4-14(26-13)17(24)25/h1-2,9,13-14H,3-8H2,(H,24,25)/t13-,14+/m0/s1. The number of aliphatic carboxylic acids is 1. The lowest BCUT2D eigenvalue weighted by molar-refractivity contribution is -0.155. The second kappa shape index (κ2) is 7.59. The first-order valence-electron chi connectivity index (χ1n) is 8.28. The molecule has 2 atom stereocenters. The van der Waals surface area contributed by atoms with Crippen LogP contribution in [0.3, 0.4) is 0 Å². The molecule has 0 spiro atoms. The quantitative estimate of drug-likeness (QED) is 0.851. The average Bonchev–Trinajstić information content (AvgIpc) is 3.11. The summed E-state index contributed by atoms with van der Waals surface area (Å²) in [6.07, 6.45) is -1.03. The van der Waals surface area contributed by atoms with Crippen molar-refractivity contribution in [2.24, 2.45) is 0 Å². The molecule has 0 aromatic heterocycles. The molecule has 2 aliphatic heterocycles. The van der Waals surface area contributed by atoms with Crippen LogP contribution in [0.4, 0.5) is 4.39 Å². The highest BCUT2D eigenvalue weighted by molar-refractivity contribution is 6.30. The van der Waals surface area contributed by atoms with E-state index in [-0.39, 0.29) is 42.7 Å². The smallest absolute Gasteiger partial charge is 0.332 e. The maximum Gasteiger partial charge on any atom is 0.332 e. The number of hydrogen-bond acceptors (Lipinski definition) is 4. The fraction of sp³-hybridized carbons (Fsp3) is 0.471. The molecule has 0 aliphatic carbocycles. The fourth-order valence-corrected chi connectivity index (χ4v) is 3.33. The first-order valence-corrected chi connectivity index (χ1v) is 8.66. The van der Waals surface area contributed by atoms with Crippen molar-refractivity contribution in [2.75, 3.05) is 26.2 Å². The number of ether oxygens (including phenoxy) is 1. The fourth-order valence-electron chi connectivity index (χ4n) is 3.17. The summed E-state index contributed by atoms with van der Waals surface area (Å²) >= 11 is 5.70. The molecule has 3 rings (SSSR count). The molecule has 0 saturated carbocycles. The summed E-state index contributed by atoms with van der Waals surface area (Å²) in [5.41, 5.74) is -0.0578. The van der Waals surface area contributed by atoms with E-state index in [1.165, 1.54) is 17.0 Å². The van der Waals surface area contributed by atoms with Gasteiger partial charge in [-0.05, 0) is 31.0 Å². The van der Waals surface area contributed by atoms with Gasteiger partial charge < -0.3 is 19.6 Å². The number of carboxylic acid groups (broad SMARTS) is 1. The lowest BCUT2D eigenvalue weighted by atomic mass is 10.1. The van der Waals surface area contributed by atoms with Crippen LogP contribution in [0.25, 0.3) is 0 Å². The Balaban J connectivity index is 1.56. The highest BCUT2D eigenvalue weighted by Crippen LogP contribution is 2.23. The molecule has 2 saturated heterocycles. The number of carboxylic acids is 1. The Morgan fingerprint density at radius 1 is 1.08 bits per heavy atom. The number of piperazine rings is 1. The predicted molar refractivity (Wildman–Crippen MR) is 89.4 cm³/mol. The second-order valence-electron chi connectivity index (χ2n) is 6.27. The molecule has 140 valence electrons. The number of carbonyl (C=O) groups is 3. The van der Waals surface area contributed by atoms with Crippen molar-refractivity contribution in [2.45, 2.75) is 25.0 Å². The minimum atomic E-state index is -1.07. The van der Waals surface area contributed by atoms with Crippen LogP contribution in [-0.4, -0.2) is 71.1 Å². The van der Waals surface area contributed by atoms with Gasteiger partial charge in [0.2, 0.25) is 0 Å². The molecule has 2 amide bonds. The lowest BCUT2D eigenvalue weighted by Gasteiger charge is -2.35. The monoisotopic (exact) mass is 384 g/mol. The SMILES string of the molecule is O=C(O)[C@H]1CC[C@@H](C(=O)N2CCN(C(=O)c3ccc(Cl)cc3F)CC2)O1. The number of amides is 2. The number of halogens is 2. The third-order valence-electron chi connectivity index (χ3n) is 4.61. The van der Waals surface area contributed by atoms with Gasteiger partial charge in [0, 0.05) is 31.2 Å². The van der Waals surface area contributed by atoms with E-state index in [9.17, 15) is 18.8 Å². The predicted octanol–water partition coefficient (Wildman–Crippen LogP) is 1.40. The zero-order valence-electron chi connectivity index (χ0n) is 13.9. The molecule has 1 aromatic carbocycles. The number of hydrogen-bond donors (Lipinski definition) is 1. The molecule has 0 bridgehead atoms. The average molecular weight is 385 g/mol. The second-order valence-corrected chi connectivity index (χ2v) is 6.71. The van der Waals surface area contributed by atoms with Crippen molar-refractivity contribution in [3.63, 3.8) is 0 Å². The molecule has 9 heteroatoms. The van der Waals surface area contributed by atoms with E-state index in [4.69, 9.17) is 21.4 Å². The maximum absolute atomic E-state index is 13.9. The molecule has 7 nitrogen and oxygen atoms in total. The highest BCUT2D eigenvalue weighted by Gasteiger charge is 2.38. The number of nitrogens with zero attached hydrogens (tertiary/aromatic N) is 2. The van der Waals surface area contributed by atoms with E-state index < -0.39 is 29.9 Å². The lowest BCUT2D eigenvalue weighted by Crippen LogP contribution is -2.53. The van der Waals surface area contributed by atoms with Crippen molar-refractivity contribution in [1.29, 1.82) is 0 Å². The molecule has 2 heterocycles. The number of benzene rings is 1. The Morgan fingerprint density at radius 3 is 2.27 bits per heavy atom. The number of rotatable bonds is 3. The Bertz CT molecular complexity index is 736. The molecular weight excluding hydrogens is 367 g/mol. The van der Waals surface area contributed by atoms with Crippen molar-refractivity contribution < 1.29 is 28.6 Å². The van der Waals surface area contributed by atoms with Gasteiger partial charge in [0.1, 0.15) is 11.9 Å². The van der Waals surface area contributed by atoms with Gasteiger partial charge in [-0.3, -0.25) is 9.59 Å². The van der Waals surface area contributed by atoms with Gasteiger partial charge in [0.15, 0.2) is 6.10 Å². The third kappa shape index (κ3) is 3.81. The molecule has 0 radical (unpaired) electrons. The van der Waals surface area contributed by atoms with Crippen LogP contribution < -0.4 is 0 Å². The summed E-state index contributed by atoms with van der Waals surface area (Å²) in [6.45, 7) is 1.11. The molecule has 1 aromatic rings. The van der Waals surface area contributed by atoms with Crippen molar-refractivity contribution in [1.82, 2.24) is 9.80 Å². The maximum atomic E-state index is 13.9. The summed E-state index contributed by atoms with van der Waals surface area (Å²) < 4.78 is 19.2. The number of carbonyl (C=O) groups excluding carboxylic acids is 2. The van der Waals surface area contributed by atoms with Gasteiger partial charge in [-0.15, -0.1) is 0 Å². The Morgan fingerprint density at radius 2 is 1.69 bits per heavy atom. The van der Waals surface area contributed by atoms with Crippen LogP contribution in [0, 0.1) is 5.82 Å². The van der Waals surface area contributed by atoms with Gasteiger partial charge in [0.05, 0.1) is 5.56 Å². The van der Waals surface area contributed by atoms with E-state index in [0.717, 1.165) is 6.07 Å². The summed E-state index contributed by atoms with van der Waals surface area (Å²) in [4.78, 5) is 38.8. The zero-order valence-corrected chi connectivity index (χ0v) is 14.6.